The van der Waals surface area contributed by atoms with Gasteiger partial charge in [-0.05, 0) is 18.9 Å². The smallest absolute Gasteiger partial charge is 0.314 e. The van der Waals surface area contributed by atoms with E-state index in [4.69, 9.17) is 0 Å². The van der Waals surface area contributed by atoms with E-state index < -0.39 is 12.7 Å². The monoisotopic (exact) mass is 295 g/mol. The van der Waals surface area contributed by atoms with Gasteiger partial charge in [0.05, 0.1) is 6.54 Å². The quantitative estimate of drug-likeness (QED) is 0.810. The molecule has 120 valence electrons. The minimum absolute atomic E-state index is 0.113. The van der Waals surface area contributed by atoms with Gasteiger partial charge in [-0.3, -0.25) is 4.90 Å². The van der Waals surface area contributed by atoms with Crippen molar-refractivity contribution in [2.45, 2.75) is 39.9 Å². The van der Waals surface area contributed by atoms with Crippen molar-refractivity contribution in [2.75, 3.05) is 45.8 Å². The highest BCUT2D eigenvalue weighted by molar-refractivity contribution is 4.85. The van der Waals surface area contributed by atoms with Crippen molar-refractivity contribution in [2.24, 2.45) is 5.41 Å². The molecule has 1 N–H and O–H groups in total. The number of hydrogen-bond acceptors (Lipinski definition) is 3. The molecule has 1 heterocycles. The summed E-state index contributed by atoms with van der Waals surface area (Å²) >= 11 is 0. The van der Waals surface area contributed by atoms with E-state index in [1.807, 2.05) is 0 Å². The zero-order chi connectivity index (χ0) is 15.4. The van der Waals surface area contributed by atoms with E-state index in [0.29, 0.717) is 19.1 Å². The molecule has 1 fully saturated rings. The molecule has 0 amide bonds. The van der Waals surface area contributed by atoms with Crippen molar-refractivity contribution in [1.29, 1.82) is 0 Å². The molecule has 3 nitrogen and oxygen atoms in total. The highest BCUT2D eigenvalue weighted by Gasteiger charge is 2.34. The Hall–Kier alpha value is -0.330. The number of nitrogens with zero attached hydrogens (tertiary/aromatic N) is 2. The van der Waals surface area contributed by atoms with Gasteiger partial charge in [0, 0.05) is 38.8 Å². The van der Waals surface area contributed by atoms with Crippen LogP contribution in [0.5, 0.6) is 0 Å². The summed E-state index contributed by atoms with van der Waals surface area (Å²) in [6.45, 7) is 12.2. The number of nitrogens with one attached hydrogen (secondary N) is 1. The minimum atomic E-state index is -4.08. The first-order chi connectivity index (χ1) is 9.14. The zero-order valence-electron chi connectivity index (χ0n) is 13.1. The third-order valence-electron chi connectivity index (χ3n) is 4.18. The second-order valence-corrected chi connectivity index (χ2v) is 6.44. The zero-order valence-corrected chi connectivity index (χ0v) is 13.1. The SMILES string of the molecule is CCNC(C)C(C)(C)CN1CCN(CC(F)(F)F)CC1. The van der Waals surface area contributed by atoms with Crippen LogP contribution in [0.15, 0.2) is 0 Å². The summed E-state index contributed by atoms with van der Waals surface area (Å²) in [4.78, 5) is 3.78. The van der Waals surface area contributed by atoms with Crippen LogP contribution >= 0.6 is 0 Å². The molecule has 1 aliphatic rings. The Balaban J connectivity index is 2.38. The summed E-state index contributed by atoms with van der Waals surface area (Å²) in [6.07, 6.45) is -4.08. The van der Waals surface area contributed by atoms with E-state index >= 15 is 0 Å². The third kappa shape index (κ3) is 5.97. The summed E-state index contributed by atoms with van der Waals surface area (Å²) in [7, 11) is 0. The fraction of sp³-hybridized carbons (Fsp3) is 1.00. The molecule has 1 saturated heterocycles. The van der Waals surface area contributed by atoms with Crippen molar-refractivity contribution in [3.63, 3.8) is 0 Å². The fourth-order valence-corrected chi connectivity index (χ4v) is 2.65. The lowest BCUT2D eigenvalue weighted by Crippen LogP contribution is -2.53. The Labute approximate surface area is 120 Å². The van der Waals surface area contributed by atoms with Crippen LogP contribution in [0.1, 0.15) is 27.7 Å². The van der Waals surface area contributed by atoms with Gasteiger partial charge in [0.1, 0.15) is 0 Å². The normalized spacial score (nSPS) is 21.1. The van der Waals surface area contributed by atoms with Gasteiger partial charge in [-0.25, -0.2) is 0 Å². The highest BCUT2D eigenvalue weighted by atomic mass is 19.4. The van der Waals surface area contributed by atoms with E-state index in [1.54, 1.807) is 0 Å². The van der Waals surface area contributed by atoms with Gasteiger partial charge in [0.15, 0.2) is 0 Å². The van der Waals surface area contributed by atoms with Crippen LogP contribution in [0.4, 0.5) is 13.2 Å². The van der Waals surface area contributed by atoms with Crippen molar-refractivity contribution in [3.05, 3.63) is 0 Å². The van der Waals surface area contributed by atoms with Crippen LogP contribution in [0.25, 0.3) is 0 Å². The highest BCUT2D eigenvalue weighted by Crippen LogP contribution is 2.23. The topological polar surface area (TPSA) is 18.5 Å². The second kappa shape index (κ2) is 7.09. The Morgan fingerprint density at radius 3 is 1.85 bits per heavy atom. The standard InChI is InChI=1S/C14H28F3N3/c1-5-18-12(2)13(3,4)10-19-6-8-20(9-7-19)11-14(15,16)17/h12,18H,5-11H2,1-4H3. The van der Waals surface area contributed by atoms with E-state index in [1.165, 1.54) is 4.90 Å². The lowest BCUT2D eigenvalue weighted by Gasteiger charge is -2.41. The molecule has 1 rings (SSSR count). The first-order valence-electron chi connectivity index (χ1n) is 7.39. The summed E-state index contributed by atoms with van der Waals surface area (Å²) in [6, 6.07) is 0.390. The largest absolute Gasteiger partial charge is 0.401 e. The van der Waals surface area contributed by atoms with E-state index in [-0.39, 0.29) is 5.41 Å². The Morgan fingerprint density at radius 2 is 1.45 bits per heavy atom. The van der Waals surface area contributed by atoms with E-state index in [0.717, 1.165) is 26.2 Å². The van der Waals surface area contributed by atoms with Crippen LogP contribution in [-0.2, 0) is 0 Å². The van der Waals surface area contributed by atoms with Gasteiger partial charge >= 0.3 is 6.18 Å². The molecule has 1 aliphatic heterocycles. The number of piperazine rings is 1. The molecule has 20 heavy (non-hydrogen) atoms. The van der Waals surface area contributed by atoms with Gasteiger partial charge in [0.25, 0.3) is 0 Å². The molecule has 0 bridgehead atoms. The van der Waals surface area contributed by atoms with Crippen molar-refractivity contribution in [1.82, 2.24) is 15.1 Å². The van der Waals surface area contributed by atoms with Crippen LogP contribution in [0.3, 0.4) is 0 Å². The van der Waals surface area contributed by atoms with Gasteiger partial charge in [-0.15, -0.1) is 0 Å². The van der Waals surface area contributed by atoms with Gasteiger partial charge in [-0.1, -0.05) is 20.8 Å². The molecule has 0 aliphatic carbocycles. The average molecular weight is 295 g/mol. The molecule has 0 aromatic rings. The van der Waals surface area contributed by atoms with Crippen molar-refractivity contribution >= 4 is 0 Å². The summed E-state index contributed by atoms with van der Waals surface area (Å²) < 4.78 is 37.0. The molecule has 0 saturated carbocycles. The molecule has 0 aromatic heterocycles. The minimum Gasteiger partial charge on any atom is -0.314 e. The molecule has 0 spiro atoms. The maximum Gasteiger partial charge on any atom is 0.401 e. The van der Waals surface area contributed by atoms with Crippen molar-refractivity contribution < 1.29 is 13.2 Å². The molecule has 0 radical (unpaired) electrons. The average Bonchev–Trinajstić information content (AvgIpc) is 2.30. The molecule has 1 atom stereocenters. The lowest BCUT2D eigenvalue weighted by atomic mass is 9.84. The summed E-state index contributed by atoms with van der Waals surface area (Å²) in [5.74, 6) is 0. The Bertz CT molecular complexity index is 284. The van der Waals surface area contributed by atoms with Crippen LogP contribution < -0.4 is 5.32 Å². The number of hydrogen-bond donors (Lipinski definition) is 1. The predicted molar refractivity (Wildman–Crippen MR) is 75.9 cm³/mol. The molecule has 6 heteroatoms. The summed E-state index contributed by atoms with van der Waals surface area (Å²) in [5, 5.41) is 3.43. The van der Waals surface area contributed by atoms with Crippen LogP contribution in [0, 0.1) is 5.41 Å². The van der Waals surface area contributed by atoms with Crippen molar-refractivity contribution in [3.8, 4) is 0 Å². The molecular weight excluding hydrogens is 267 g/mol. The van der Waals surface area contributed by atoms with E-state index in [9.17, 15) is 13.2 Å². The fourth-order valence-electron chi connectivity index (χ4n) is 2.65. The maximum absolute atomic E-state index is 12.3. The van der Waals surface area contributed by atoms with Crippen LogP contribution in [-0.4, -0.2) is 67.8 Å². The maximum atomic E-state index is 12.3. The van der Waals surface area contributed by atoms with Crippen LogP contribution in [0.2, 0.25) is 0 Å². The molecule has 0 aromatic carbocycles. The van der Waals surface area contributed by atoms with Gasteiger partial charge < -0.3 is 10.2 Å². The van der Waals surface area contributed by atoms with Gasteiger partial charge in [-0.2, -0.15) is 13.2 Å². The van der Waals surface area contributed by atoms with Gasteiger partial charge in [0.2, 0.25) is 0 Å². The first kappa shape index (κ1) is 17.7. The number of halogens is 3. The first-order valence-corrected chi connectivity index (χ1v) is 7.39. The van der Waals surface area contributed by atoms with E-state index in [2.05, 4.69) is 37.9 Å². The Kier molecular flexibility index (Phi) is 6.28. The Morgan fingerprint density at radius 1 is 1.00 bits per heavy atom. The third-order valence-corrected chi connectivity index (χ3v) is 4.18. The predicted octanol–water partition coefficient (Wildman–Crippen LogP) is 2.19. The second-order valence-electron chi connectivity index (χ2n) is 6.44. The molecule has 1 unspecified atom stereocenters. The lowest BCUT2D eigenvalue weighted by molar-refractivity contribution is -0.149. The summed E-state index contributed by atoms with van der Waals surface area (Å²) in [5.41, 5.74) is 0.113. The number of rotatable bonds is 6. The number of alkyl halides is 3. The molecular formula is C14H28F3N3.